The Hall–Kier alpha value is 0.440. The summed E-state index contributed by atoms with van der Waals surface area (Å²) in [5.41, 5.74) is 0. The van der Waals surface area contributed by atoms with E-state index in [0.29, 0.717) is 0 Å². The molecule has 0 atom stereocenters. The molecular weight excluding hydrogens is 88.2 g/mol. The van der Waals surface area contributed by atoms with Crippen LogP contribution >= 0.6 is 24.0 Å². The van der Waals surface area contributed by atoms with Crippen molar-refractivity contribution in [1.29, 1.82) is 0 Å². The maximum absolute atomic E-state index is 4.27. The molecule has 23 valence electrons. The minimum Gasteiger partial charge on any atom is -0.116 e. The third-order valence-electron chi connectivity index (χ3n) is 0.0833. The van der Waals surface area contributed by atoms with Gasteiger partial charge in [0, 0.05) is 0 Å². The molecule has 0 nitrogen and oxygen atoms in total. The Labute approximate surface area is 35.6 Å². The van der Waals surface area contributed by atoms with Crippen LogP contribution in [0.25, 0.3) is 0 Å². The smallest absolute Gasteiger partial charge is 0.0948 e. The zero-order valence-electron chi connectivity index (χ0n) is 2.32. The molecule has 0 aromatic carbocycles. The topological polar surface area (TPSA) is 0 Å². The molecule has 0 heterocycles. The van der Waals surface area contributed by atoms with Gasteiger partial charge in [-0.2, -0.15) is 0 Å². The Morgan fingerprint density at radius 1 is 2.00 bits per heavy atom. The van der Waals surface area contributed by atoms with E-state index in [1.165, 1.54) is 11.8 Å². The van der Waals surface area contributed by atoms with Gasteiger partial charge in [-0.25, -0.2) is 0 Å². The standard InChI is InChI=1S/C2H3S2/c1-4-2-3/h1H3. The van der Waals surface area contributed by atoms with Gasteiger partial charge in [0.25, 0.3) is 0 Å². The van der Waals surface area contributed by atoms with Crippen molar-refractivity contribution in [2.24, 2.45) is 0 Å². The second-order valence-corrected chi connectivity index (χ2v) is 1.36. The van der Waals surface area contributed by atoms with Crippen molar-refractivity contribution in [3.63, 3.8) is 0 Å². The average Bonchev–Trinajstić information content (AvgIpc) is 1.37. The van der Waals surface area contributed by atoms with Crippen LogP contribution in [0.1, 0.15) is 0 Å². The Kier molecular flexibility index (Phi) is 3.82. The van der Waals surface area contributed by atoms with Gasteiger partial charge in [0.05, 0.1) is 4.70 Å². The normalized spacial score (nSPS) is 6.25. The zero-order chi connectivity index (χ0) is 3.41. The second-order valence-electron chi connectivity index (χ2n) is 0.287. The zero-order valence-corrected chi connectivity index (χ0v) is 3.95. The molecule has 0 unspecified atom stereocenters. The third kappa shape index (κ3) is 2.44. The first-order valence-corrected chi connectivity index (χ1v) is 2.45. The summed E-state index contributed by atoms with van der Waals surface area (Å²) in [6.45, 7) is 0. The first kappa shape index (κ1) is 4.44. The van der Waals surface area contributed by atoms with Crippen molar-refractivity contribution >= 4 is 28.7 Å². The lowest BCUT2D eigenvalue weighted by Crippen LogP contribution is -1.38. The lowest BCUT2D eigenvalue weighted by molar-refractivity contribution is 2.54. The lowest BCUT2D eigenvalue weighted by Gasteiger charge is -1.54. The van der Waals surface area contributed by atoms with Crippen LogP contribution in [0, 0.1) is 0 Å². The molecule has 2 heteroatoms. The van der Waals surface area contributed by atoms with Crippen LogP contribution in [0.3, 0.4) is 0 Å². The summed E-state index contributed by atoms with van der Waals surface area (Å²) in [6.07, 6.45) is 1.88. The Balaban J connectivity index is 2.30. The average molecular weight is 91.2 g/mol. The maximum Gasteiger partial charge on any atom is 0.0948 e. The first-order valence-electron chi connectivity index (χ1n) is 0.816. The van der Waals surface area contributed by atoms with Gasteiger partial charge in [-0.1, -0.05) is 12.2 Å². The van der Waals surface area contributed by atoms with E-state index in [0.717, 1.165) is 0 Å². The largest absolute Gasteiger partial charge is 0.116 e. The molecule has 0 aromatic rings. The molecule has 0 spiro atoms. The summed E-state index contributed by atoms with van der Waals surface area (Å²) in [4.78, 5) is 0. The minimum absolute atomic E-state index is 1.42. The van der Waals surface area contributed by atoms with Crippen LogP contribution in [0.5, 0.6) is 0 Å². The quantitative estimate of drug-likeness (QED) is 0.444. The predicted octanol–water partition coefficient (Wildman–Crippen LogP) is 1.18. The fraction of sp³-hybridized carbons (Fsp3) is 0.500. The number of hydrogen-bond donors (Lipinski definition) is 0. The highest BCUT2D eigenvalue weighted by Gasteiger charge is 1.49. The molecule has 0 aliphatic carbocycles. The van der Waals surface area contributed by atoms with Crippen LogP contribution in [-0.2, 0) is 0 Å². The molecule has 0 saturated heterocycles. The molecule has 0 saturated carbocycles. The van der Waals surface area contributed by atoms with E-state index in [1.807, 2.05) is 6.26 Å². The third-order valence-corrected chi connectivity index (χ3v) is 0.750. The maximum atomic E-state index is 4.27. The highest BCUT2D eigenvalue weighted by atomic mass is 32.2. The van der Waals surface area contributed by atoms with Crippen molar-refractivity contribution in [3.8, 4) is 0 Å². The van der Waals surface area contributed by atoms with Crippen molar-refractivity contribution < 1.29 is 0 Å². The predicted molar refractivity (Wildman–Crippen MR) is 26.1 cm³/mol. The van der Waals surface area contributed by atoms with Gasteiger partial charge in [-0.05, 0) is 6.26 Å². The van der Waals surface area contributed by atoms with Crippen LogP contribution in [0.4, 0.5) is 0 Å². The van der Waals surface area contributed by atoms with Gasteiger partial charge >= 0.3 is 0 Å². The highest BCUT2D eigenvalue weighted by molar-refractivity contribution is 8.20. The van der Waals surface area contributed by atoms with Gasteiger partial charge in [0.2, 0.25) is 0 Å². The Morgan fingerprint density at radius 3 is 2.25 bits per heavy atom. The number of hydrogen-bond acceptors (Lipinski definition) is 2. The summed E-state index contributed by atoms with van der Waals surface area (Å²) in [7, 11) is 0. The molecule has 0 rings (SSSR count). The summed E-state index contributed by atoms with van der Waals surface area (Å²) >= 11 is 5.69. The Bertz CT molecular complexity index is 18.0. The molecule has 0 aliphatic heterocycles. The minimum atomic E-state index is 1.42. The molecule has 1 radical (unpaired) electrons. The second kappa shape index (κ2) is 3.44. The molecule has 0 N–H and O–H groups in total. The first-order chi connectivity index (χ1) is 1.91. The molecular formula is C2H3S2. The number of rotatable bonds is 1. The van der Waals surface area contributed by atoms with Crippen molar-refractivity contribution in [2.75, 3.05) is 6.26 Å². The molecule has 0 amide bonds. The summed E-state index contributed by atoms with van der Waals surface area (Å²) in [6, 6.07) is 0. The number of thiocarbonyl (C=S) groups is 1. The fourth-order valence-electron chi connectivity index (χ4n) is 0. The van der Waals surface area contributed by atoms with Crippen molar-refractivity contribution in [3.05, 3.63) is 0 Å². The highest BCUT2D eigenvalue weighted by Crippen LogP contribution is 1.78. The van der Waals surface area contributed by atoms with E-state index < -0.39 is 0 Å². The molecule has 0 bridgehead atoms. The van der Waals surface area contributed by atoms with Crippen LogP contribution in [-0.4, -0.2) is 11.0 Å². The molecule has 4 heavy (non-hydrogen) atoms. The summed E-state index contributed by atoms with van der Waals surface area (Å²) in [5, 5.41) is 0. The molecule has 0 aliphatic rings. The fourth-order valence-corrected chi connectivity index (χ4v) is 0. The van der Waals surface area contributed by atoms with Gasteiger partial charge in [-0.15, -0.1) is 11.8 Å². The summed E-state index contributed by atoms with van der Waals surface area (Å²) < 4.78 is 2.43. The van der Waals surface area contributed by atoms with Crippen molar-refractivity contribution in [2.45, 2.75) is 0 Å². The van der Waals surface area contributed by atoms with E-state index in [1.54, 1.807) is 0 Å². The lowest BCUT2D eigenvalue weighted by atomic mass is 11.9. The van der Waals surface area contributed by atoms with Gasteiger partial charge < -0.3 is 0 Å². The number of thioether (sulfide) groups is 1. The molecule has 0 aromatic heterocycles. The molecule has 0 fully saturated rings. The van der Waals surface area contributed by atoms with E-state index in [-0.39, 0.29) is 0 Å². The van der Waals surface area contributed by atoms with Crippen LogP contribution in [0.15, 0.2) is 0 Å². The summed E-state index contributed by atoms with van der Waals surface area (Å²) in [5.74, 6) is 0. The SMILES string of the molecule is CS[C]=S. The van der Waals surface area contributed by atoms with Crippen LogP contribution in [0.2, 0.25) is 0 Å². The van der Waals surface area contributed by atoms with Crippen LogP contribution < -0.4 is 0 Å². The van der Waals surface area contributed by atoms with Gasteiger partial charge in [0.1, 0.15) is 0 Å². The van der Waals surface area contributed by atoms with E-state index in [4.69, 9.17) is 0 Å². The van der Waals surface area contributed by atoms with E-state index in [2.05, 4.69) is 16.9 Å². The van der Waals surface area contributed by atoms with E-state index >= 15 is 0 Å². The Morgan fingerprint density at radius 2 is 2.25 bits per heavy atom. The van der Waals surface area contributed by atoms with E-state index in [9.17, 15) is 0 Å². The monoisotopic (exact) mass is 91.0 g/mol. The van der Waals surface area contributed by atoms with Gasteiger partial charge in [-0.3, -0.25) is 0 Å². The van der Waals surface area contributed by atoms with Gasteiger partial charge in [0.15, 0.2) is 0 Å². The van der Waals surface area contributed by atoms with Crippen molar-refractivity contribution in [1.82, 2.24) is 0 Å².